The van der Waals surface area contributed by atoms with Crippen LogP contribution in [0.3, 0.4) is 0 Å². The molecule has 3 rings (SSSR count). The number of carbonyl (C=O) groups is 3. The second-order valence-corrected chi connectivity index (χ2v) is 9.12. The van der Waals surface area contributed by atoms with Crippen LogP contribution in [0.15, 0.2) is 60.7 Å². The van der Waals surface area contributed by atoms with Gasteiger partial charge in [-0.05, 0) is 24.5 Å². The Morgan fingerprint density at radius 1 is 0.816 bits per heavy atom. The molecular formula is C29H36O9. The van der Waals surface area contributed by atoms with Gasteiger partial charge >= 0.3 is 17.9 Å². The van der Waals surface area contributed by atoms with Gasteiger partial charge in [0.05, 0.1) is 58.1 Å². The van der Waals surface area contributed by atoms with Crippen molar-refractivity contribution < 1.29 is 43.2 Å². The quantitative estimate of drug-likeness (QED) is 0.364. The van der Waals surface area contributed by atoms with E-state index in [1.54, 1.807) is 6.92 Å². The van der Waals surface area contributed by atoms with Crippen LogP contribution in [0.5, 0.6) is 0 Å². The molecule has 2 aromatic rings. The van der Waals surface area contributed by atoms with Gasteiger partial charge in [-0.2, -0.15) is 0 Å². The predicted octanol–water partition coefficient (Wildman–Crippen LogP) is 3.92. The second-order valence-electron chi connectivity index (χ2n) is 9.12. The fourth-order valence-electron chi connectivity index (χ4n) is 4.66. The monoisotopic (exact) mass is 528 g/mol. The third kappa shape index (κ3) is 8.93. The lowest BCUT2D eigenvalue weighted by Crippen LogP contribution is -2.57. The molecule has 1 aliphatic heterocycles. The largest absolute Gasteiger partial charge is 0.481 e. The number of carboxylic acids is 1. The molecule has 0 amide bonds. The summed E-state index contributed by atoms with van der Waals surface area (Å²) < 4.78 is 29.0. The van der Waals surface area contributed by atoms with Gasteiger partial charge in [0.15, 0.2) is 0 Å². The van der Waals surface area contributed by atoms with Crippen molar-refractivity contribution in [3.05, 3.63) is 71.8 Å². The summed E-state index contributed by atoms with van der Waals surface area (Å²) in [6.45, 7) is 2.39. The van der Waals surface area contributed by atoms with Crippen LogP contribution in [-0.4, -0.2) is 61.1 Å². The maximum Gasteiger partial charge on any atom is 0.306 e. The highest BCUT2D eigenvalue weighted by atomic mass is 16.6. The minimum atomic E-state index is -1.05. The molecule has 0 spiro atoms. The van der Waals surface area contributed by atoms with Gasteiger partial charge in [0.2, 0.25) is 0 Å². The molecule has 1 saturated heterocycles. The van der Waals surface area contributed by atoms with Crippen molar-refractivity contribution in [3.63, 3.8) is 0 Å². The summed E-state index contributed by atoms with van der Waals surface area (Å²) in [5.41, 5.74) is 1.81. The lowest BCUT2D eigenvalue weighted by molar-refractivity contribution is -0.240. The van der Waals surface area contributed by atoms with E-state index in [0.29, 0.717) is 0 Å². The Morgan fingerprint density at radius 3 is 1.92 bits per heavy atom. The Hall–Kier alpha value is -3.27. The number of carboxylic acid groups (broad SMARTS) is 1. The first kappa shape index (κ1) is 29.3. The van der Waals surface area contributed by atoms with Crippen molar-refractivity contribution in [1.82, 2.24) is 0 Å². The van der Waals surface area contributed by atoms with Crippen LogP contribution in [0.2, 0.25) is 0 Å². The molecule has 1 aliphatic rings. The average Bonchev–Trinajstić information content (AvgIpc) is 2.92. The normalized spacial score (nSPS) is 22.9. The molecule has 206 valence electrons. The Balaban J connectivity index is 1.93. The number of esters is 2. The number of carbonyl (C=O) groups excluding carboxylic acids is 2. The van der Waals surface area contributed by atoms with Crippen LogP contribution >= 0.6 is 0 Å². The molecule has 9 heteroatoms. The molecule has 0 bridgehead atoms. The van der Waals surface area contributed by atoms with Gasteiger partial charge in [0.1, 0.15) is 6.10 Å². The Bertz CT molecular complexity index is 1010. The van der Waals surface area contributed by atoms with Gasteiger partial charge in [-0.15, -0.1) is 0 Å². The van der Waals surface area contributed by atoms with Crippen molar-refractivity contribution in [2.24, 2.45) is 5.92 Å². The van der Waals surface area contributed by atoms with Crippen LogP contribution in [-0.2, 0) is 51.3 Å². The summed E-state index contributed by atoms with van der Waals surface area (Å²) in [4.78, 5) is 36.4. The highest BCUT2D eigenvalue weighted by molar-refractivity contribution is 5.70. The minimum Gasteiger partial charge on any atom is -0.481 e. The third-order valence-corrected chi connectivity index (χ3v) is 6.45. The molecule has 9 nitrogen and oxygen atoms in total. The molecule has 0 saturated carbocycles. The summed E-state index contributed by atoms with van der Waals surface area (Å²) >= 11 is 0. The van der Waals surface area contributed by atoms with Gasteiger partial charge in [-0.3, -0.25) is 14.4 Å². The minimum absolute atomic E-state index is 0.0472. The summed E-state index contributed by atoms with van der Waals surface area (Å²) in [7, 11) is 1.30. The summed E-state index contributed by atoms with van der Waals surface area (Å²) in [6, 6.07) is 19.0. The standard InChI is InChI=1S/C29H36O9/c1-3-35-26(32)15-14-23-22(16-27(33)34-2)28(36-18-20-10-6-4-7-11-20)29(24(38-23)17-25(30)31)37-19-21-12-8-5-9-13-21/h4-13,22-24,28-29H,3,14-19H2,1-2H3,(H,30,31)/t22-,23+,24+,28-,29-/m0/s1. The summed E-state index contributed by atoms with van der Waals surface area (Å²) in [5.74, 6) is -2.47. The first-order chi connectivity index (χ1) is 18.4. The first-order valence-corrected chi connectivity index (χ1v) is 12.8. The predicted molar refractivity (Wildman–Crippen MR) is 137 cm³/mol. The maximum atomic E-state index is 12.5. The van der Waals surface area contributed by atoms with Crippen molar-refractivity contribution in [2.45, 2.75) is 70.2 Å². The second kappa shape index (κ2) is 15.2. The molecule has 0 aromatic heterocycles. The van der Waals surface area contributed by atoms with Gasteiger partial charge in [0.25, 0.3) is 0 Å². The zero-order chi connectivity index (χ0) is 27.3. The highest BCUT2D eigenvalue weighted by Crippen LogP contribution is 2.37. The van der Waals surface area contributed by atoms with Gasteiger partial charge in [0, 0.05) is 12.3 Å². The van der Waals surface area contributed by atoms with E-state index in [-0.39, 0.29) is 45.5 Å². The van der Waals surface area contributed by atoms with Crippen molar-refractivity contribution in [3.8, 4) is 0 Å². The van der Waals surface area contributed by atoms with Crippen molar-refractivity contribution >= 4 is 17.9 Å². The van der Waals surface area contributed by atoms with Gasteiger partial charge in [-0.1, -0.05) is 60.7 Å². The van der Waals surface area contributed by atoms with E-state index in [1.165, 1.54) is 7.11 Å². The van der Waals surface area contributed by atoms with Crippen LogP contribution < -0.4 is 0 Å². The van der Waals surface area contributed by atoms with Crippen LogP contribution in [0.25, 0.3) is 0 Å². The molecule has 0 unspecified atom stereocenters. The Labute approximate surface area is 223 Å². The Morgan fingerprint density at radius 2 is 1.39 bits per heavy atom. The topological polar surface area (TPSA) is 118 Å². The molecule has 5 atom stereocenters. The molecular weight excluding hydrogens is 492 g/mol. The summed E-state index contributed by atoms with van der Waals surface area (Å²) in [6.07, 6.45) is -3.10. The number of methoxy groups -OCH3 is 1. The third-order valence-electron chi connectivity index (χ3n) is 6.45. The van der Waals surface area contributed by atoms with Crippen LogP contribution in [0.1, 0.15) is 43.7 Å². The zero-order valence-electron chi connectivity index (χ0n) is 21.8. The van der Waals surface area contributed by atoms with E-state index in [2.05, 4.69) is 0 Å². The van der Waals surface area contributed by atoms with Crippen LogP contribution in [0, 0.1) is 5.92 Å². The number of aliphatic carboxylic acids is 1. The smallest absolute Gasteiger partial charge is 0.306 e. The lowest BCUT2D eigenvalue weighted by Gasteiger charge is -2.46. The highest BCUT2D eigenvalue weighted by Gasteiger charge is 2.48. The van der Waals surface area contributed by atoms with E-state index in [9.17, 15) is 19.5 Å². The fourth-order valence-corrected chi connectivity index (χ4v) is 4.66. The first-order valence-electron chi connectivity index (χ1n) is 12.8. The van der Waals surface area contributed by atoms with E-state index in [1.807, 2.05) is 60.7 Å². The number of benzene rings is 2. The van der Waals surface area contributed by atoms with Gasteiger partial charge < -0.3 is 28.8 Å². The molecule has 0 aliphatic carbocycles. The molecule has 1 fully saturated rings. The average molecular weight is 529 g/mol. The number of ether oxygens (including phenoxy) is 5. The van der Waals surface area contributed by atoms with Gasteiger partial charge in [-0.25, -0.2) is 0 Å². The number of hydrogen-bond acceptors (Lipinski definition) is 8. The lowest BCUT2D eigenvalue weighted by atomic mass is 9.81. The van der Waals surface area contributed by atoms with E-state index in [0.717, 1.165) is 11.1 Å². The van der Waals surface area contributed by atoms with E-state index < -0.39 is 48.2 Å². The van der Waals surface area contributed by atoms with Crippen LogP contribution in [0.4, 0.5) is 0 Å². The van der Waals surface area contributed by atoms with Crippen molar-refractivity contribution in [1.29, 1.82) is 0 Å². The SMILES string of the molecule is CCOC(=O)CC[C@H]1O[C@H](CC(=O)O)[C@H](OCc2ccccc2)[C@@H](OCc2ccccc2)[C@H]1CC(=O)OC. The molecule has 2 aromatic carbocycles. The van der Waals surface area contributed by atoms with E-state index in [4.69, 9.17) is 23.7 Å². The van der Waals surface area contributed by atoms with Crippen molar-refractivity contribution in [2.75, 3.05) is 13.7 Å². The number of rotatable bonds is 14. The fraction of sp³-hybridized carbons (Fsp3) is 0.483. The molecule has 0 radical (unpaired) electrons. The maximum absolute atomic E-state index is 12.5. The summed E-state index contributed by atoms with van der Waals surface area (Å²) in [5, 5.41) is 9.66. The molecule has 1 heterocycles. The molecule has 38 heavy (non-hydrogen) atoms. The number of hydrogen-bond donors (Lipinski definition) is 1. The Kier molecular flexibility index (Phi) is 11.7. The molecule has 1 N–H and O–H groups in total. The zero-order valence-corrected chi connectivity index (χ0v) is 21.8. The van der Waals surface area contributed by atoms with E-state index >= 15 is 0 Å².